The Labute approximate surface area is 142 Å². The van der Waals surface area contributed by atoms with Crippen LogP contribution in [-0.4, -0.2) is 21.8 Å². The number of thiocarbonyl (C=S) groups is 1. The molecule has 4 nitrogen and oxygen atoms in total. The van der Waals surface area contributed by atoms with E-state index in [1.54, 1.807) is 30.5 Å². The SMILES string of the molecule is O=C1C(=Cc2ccco2)SC(=S)N1CNc1ccccc1Cl. The van der Waals surface area contributed by atoms with Crippen molar-refractivity contribution >= 4 is 57.6 Å². The van der Waals surface area contributed by atoms with Gasteiger partial charge in [-0.1, -0.05) is 47.7 Å². The smallest absolute Gasteiger partial charge is 0.267 e. The zero-order valence-electron chi connectivity index (χ0n) is 11.3. The minimum absolute atomic E-state index is 0.147. The van der Waals surface area contributed by atoms with Crippen LogP contribution in [0, 0.1) is 0 Å². The van der Waals surface area contributed by atoms with Gasteiger partial charge in [-0.2, -0.15) is 0 Å². The number of hydrogen-bond acceptors (Lipinski definition) is 5. The van der Waals surface area contributed by atoms with Crippen LogP contribution in [0.4, 0.5) is 5.69 Å². The second kappa shape index (κ2) is 6.56. The van der Waals surface area contributed by atoms with Gasteiger partial charge < -0.3 is 9.73 Å². The summed E-state index contributed by atoms with van der Waals surface area (Å²) in [6.07, 6.45) is 3.25. The maximum absolute atomic E-state index is 12.4. The van der Waals surface area contributed by atoms with Crippen LogP contribution in [0.25, 0.3) is 6.08 Å². The van der Waals surface area contributed by atoms with Gasteiger partial charge in [0.2, 0.25) is 0 Å². The van der Waals surface area contributed by atoms with Crippen molar-refractivity contribution in [2.45, 2.75) is 0 Å². The maximum atomic E-state index is 12.4. The fourth-order valence-corrected chi connectivity index (χ4v) is 3.35. The minimum atomic E-state index is -0.147. The lowest BCUT2D eigenvalue weighted by atomic mass is 10.3. The average molecular weight is 351 g/mol. The van der Waals surface area contributed by atoms with Gasteiger partial charge in [-0.25, -0.2) is 0 Å². The molecule has 112 valence electrons. The second-order valence-electron chi connectivity index (χ2n) is 4.44. The molecule has 1 fully saturated rings. The van der Waals surface area contributed by atoms with E-state index in [1.807, 2.05) is 18.2 Å². The van der Waals surface area contributed by atoms with Gasteiger partial charge in [-0.15, -0.1) is 0 Å². The molecule has 7 heteroatoms. The molecule has 3 rings (SSSR count). The average Bonchev–Trinajstić information content (AvgIpc) is 3.09. The Balaban J connectivity index is 1.71. The van der Waals surface area contributed by atoms with Crippen molar-refractivity contribution in [3.63, 3.8) is 0 Å². The number of nitrogens with one attached hydrogen (secondary N) is 1. The molecule has 22 heavy (non-hydrogen) atoms. The van der Waals surface area contributed by atoms with Crippen LogP contribution in [0.3, 0.4) is 0 Å². The summed E-state index contributed by atoms with van der Waals surface area (Å²) in [6.45, 7) is 0.268. The summed E-state index contributed by atoms with van der Waals surface area (Å²) in [6, 6.07) is 10.9. The van der Waals surface area contributed by atoms with E-state index in [4.69, 9.17) is 28.2 Å². The number of rotatable bonds is 4. The van der Waals surface area contributed by atoms with E-state index in [2.05, 4.69) is 5.32 Å². The summed E-state index contributed by atoms with van der Waals surface area (Å²) in [5.74, 6) is 0.477. The number of benzene rings is 1. The largest absolute Gasteiger partial charge is 0.465 e. The van der Waals surface area contributed by atoms with E-state index in [-0.39, 0.29) is 12.6 Å². The van der Waals surface area contributed by atoms with Gasteiger partial charge in [0.05, 0.1) is 28.5 Å². The van der Waals surface area contributed by atoms with Crippen LogP contribution in [0.5, 0.6) is 0 Å². The van der Waals surface area contributed by atoms with E-state index in [0.29, 0.717) is 20.0 Å². The molecule has 0 spiro atoms. The number of carbonyl (C=O) groups is 1. The van der Waals surface area contributed by atoms with E-state index < -0.39 is 0 Å². The number of halogens is 1. The summed E-state index contributed by atoms with van der Waals surface area (Å²) in [5.41, 5.74) is 0.758. The van der Waals surface area contributed by atoms with Gasteiger partial charge in [0.1, 0.15) is 10.1 Å². The predicted molar refractivity (Wildman–Crippen MR) is 93.7 cm³/mol. The van der Waals surface area contributed by atoms with Gasteiger partial charge >= 0.3 is 0 Å². The number of thioether (sulfide) groups is 1. The van der Waals surface area contributed by atoms with Crippen molar-refractivity contribution in [3.8, 4) is 0 Å². The van der Waals surface area contributed by atoms with Gasteiger partial charge in [0, 0.05) is 6.08 Å². The maximum Gasteiger partial charge on any atom is 0.267 e. The van der Waals surface area contributed by atoms with Crippen LogP contribution < -0.4 is 5.32 Å². The molecule has 0 atom stereocenters. The Morgan fingerprint density at radius 2 is 2.14 bits per heavy atom. The van der Waals surface area contributed by atoms with Crippen LogP contribution >= 0.6 is 35.6 Å². The Morgan fingerprint density at radius 3 is 2.86 bits per heavy atom. The van der Waals surface area contributed by atoms with Crippen LogP contribution in [0.1, 0.15) is 5.76 Å². The number of amides is 1. The van der Waals surface area contributed by atoms with E-state index >= 15 is 0 Å². The zero-order chi connectivity index (χ0) is 15.5. The first kappa shape index (κ1) is 15.1. The topological polar surface area (TPSA) is 45.5 Å². The standard InChI is InChI=1S/C15H11ClN2O2S2/c16-11-5-1-2-6-12(11)17-9-18-14(19)13(22-15(18)21)8-10-4-3-7-20-10/h1-8,17H,9H2. The first-order chi connectivity index (χ1) is 10.6. The number of nitrogens with zero attached hydrogens (tertiary/aromatic N) is 1. The Morgan fingerprint density at radius 1 is 1.32 bits per heavy atom. The minimum Gasteiger partial charge on any atom is -0.465 e. The monoisotopic (exact) mass is 350 g/mol. The van der Waals surface area contributed by atoms with Gasteiger partial charge in [0.15, 0.2) is 0 Å². The van der Waals surface area contributed by atoms with Gasteiger partial charge in [0.25, 0.3) is 5.91 Å². The highest BCUT2D eigenvalue weighted by molar-refractivity contribution is 8.26. The Kier molecular flexibility index (Phi) is 4.52. The number of hydrogen-bond donors (Lipinski definition) is 1. The van der Waals surface area contributed by atoms with Crippen molar-refractivity contribution in [2.75, 3.05) is 12.0 Å². The number of para-hydroxylation sites is 1. The van der Waals surface area contributed by atoms with E-state index in [0.717, 1.165) is 5.69 Å². The molecule has 0 aliphatic carbocycles. The number of carbonyl (C=O) groups excluding carboxylic acids is 1. The normalized spacial score (nSPS) is 16.6. The molecule has 1 saturated heterocycles. The highest BCUT2D eigenvalue weighted by Crippen LogP contribution is 2.32. The Hall–Kier alpha value is -1.76. The third kappa shape index (κ3) is 3.19. The predicted octanol–water partition coefficient (Wildman–Crippen LogP) is 4.20. The Bertz CT molecular complexity index is 744. The van der Waals surface area contributed by atoms with Crippen molar-refractivity contribution in [1.29, 1.82) is 0 Å². The zero-order valence-corrected chi connectivity index (χ0v) is 13.7. The summed E-state index contributed by atoms with van der Waals surface area (Å²) in [4.78, 5) is 14.4. The van der Waals surface area contributed by atoms with Gasteiger partial charge in [-0.05, 0) is 24.3 Å². The molecule has 0 saturated carbocycles. The van der Waals surface area contributed by atoms with Crippen molar-refractivity contribution < 1.29 is 9.21 Å². The van der Waals surface area contributed by atoms with Crippen LogP contribution in [0.15, 0.2) is 52.0 Å². The molecule has 1 amide bonds. The molecule has 1 aliphatic rings. The molecule has 2 aromatic rings. The third-order valence-corrected chi connectivity index (χ3v) is 4.70. The van der Waals surface area contributed by atoms with Gasteiger partial charge in [-0.3, -0.25) is 9.69 Å². The summed E-state index contributed by atoms with van der Waals surface area (Å²) in [5, 5.41) is 3.71. The molecule has 0 bridgehead atoms. The lowest BCUT2D eigenvalue weighted by Crippen LogP contribution is -2.33. The lowest BCUT2D eigenvalue weighted by molar-refractivity contribution is -0.121. The molecule has 1 N–H and O–H groups in total. The van der Waals surface area contributed by atoms with Crippen LogP contribution in [0.2, 0.25) is 5.02 Å². The molecule has 1 aliphatic heterocycles. The summed E-state index contributed by atoms with van der Waals surface area (Å²) >= 11 is 12.6. The van der Waals surface area contributed by atoms with Crippen molar-refractivity contribution in [3.05, 3.63) is 58.3 Å². The summed E-state index contributed by atoms with van der Waals surface area (Å²) < 4.78 is 5.72. The second-order valence-corrected chi connectivity index (χ2v) is 6.52. The third-order valence-electron chi connectivity index (χ3n) is 2.99. The van der Waals surface area contributed by atoms with Crippen molar-refractivity contribution in [1.82, 2.24) is 4.90 Å². The fourth-order valence-electron chi connectivity index (χ4n) is 1.91. The van der Waals surface area contributed by atoms with Crippen molar-refractivity contribution in [2.24, 2.45) is 0 Å². The molecule has 2 heterocycles. The first-order valence-corrected chi connectivity index (χ1v) is 8.03. The fraction of sp³-hybridized carbons (Fsp3) is 0.0667. The molecular weight excluding hydrogens is 340 g/mol. The molecular formula is C15H11ClN2O2S2. The quantitative estimate of drug-likeness (QED) is 0.661. The number of anilines is 1. The summed E-state index contributed by atoms with van der Waals surface area (Å²) in [7, 11) is 0. The highest BCUT2D eigenvalue weighted by Gasteiger charge is 2.32. The van der Waals surface area contributed by atoms with E-state index in [9.17, 15) is 4.79 Å². The first-order valence-electron chi connectivity index (χ1n) is 6.42. The highest BCUT2D eigenvalue weighted by atomic mass is 35.5. The molecule has 1 aromatic heterocycles. The lowest BCUT2D eigenvalue weighted by Gasteiger charge is -2.16. The number of furan rings is 1. The molecule has 1 aromatic carbocycles. The molecule has 0 unspecified atom stereocenters. The van der Waals surface area contributed by atoms with Crippen LogP contribution in [-0.2, 0) is 4.79 Å². The van der Waals surface area contributed by atoms with E-state index in [1.165, 1.54) is 16.7 Å². The molecule has 0 radical (unpaired) electrons.